The molecule has 0 aliphatic heterocycles. The van der Waals surface area contributed by atoms with Gasteiger partial charge in [-0.1, -0.05) is 12.1 Å². The number of hydrogen-bond acceptors (Lipinski definition) is 2. The van der Waals surface area contributed by atoms with E-state index < -0.39 is 17.5 Å². The Morgan fingerprint density at radius 2 is 1.76 bits per heavy atom. The van der Waals surface area contributed by atoms with E-state index in [-0.39, 0.29) is 28.0 Å². The third-order valence-corrected chi connectivity index (χ3v) is 4.46. The molecule has 0 aliphatic carbocycles. The molecule has 0 heterocycles. The zero-order chi connectivity index (χ0) is 15.4. The Bertz CT molecular complexity index is 676. The van der Waals surface area contributed by atoms with Crippen LogP contribution >= 0.6 is 27.7 Å². The monoisotopic (exact) mass is 374 g/mol. The lowest BCUT2D eigenvalue weighted by atomic mass is 10.1. The van der Waals surface area contributed by atoms with Crippen LogP contribution in [0.3, 0.4) is 0 Å². The van der Waals surface area contributed by atoms with Gasteiger partial charge in [-0.05, 0) is 40.2 Å². The minimum Gasteiger partial charge on any atom is -0.298 e. The number of Topliss-reactive ketones (excluding diaryl/α,β-unsaturated/α-hetero) is 1. The zero-order valence-corrected chi connectivity index (χ0v) is 13.1. The minimum atomic E-state index is -0.778. The summed E-state index contributed by atoms with van der Waals surface area (Å²) in [4.78, 5) is 12.2. The molecule has 0 aromatic heterocycles. The van der Waals surface area contributed by atoms with Crippen LogP contribution in [-0.2, 0) is 11.2 Å². The van der Waals surface area contributed by atoms with Crippen LogP contribution < -0.4 is 0 Å². The van der Waals surface area contributed by atoms with Gasteiger partial charge in [-0.15, -0.1) is 11.8 Å². The van der Waals surface area contributed by atoms with Crippen molar-refractivity contribution in [2.45, 2.75) is 11.3 Å². The Hall–Kier alpha value is -1.27. The zero-order valence-electron chi connectivity index (χ0n) is 10.7. The lowest BCUT2D eigenvalue weighted by molar-refractivity contribution is -0.116. The quantitative estimate of drug-likeness (QED) is 0.553. The molecule has 0 saturated heterocycles. The highest BCUT2D eigenvalue weighted by Gasteiger charge is 2.16. The number of hydrogen-bond donors (Lipinski definition) is 0. The fourth-order valence-corrected chi connectivity index (χ4v) is 2.87. The second-order valence-corrected chi connectivity index (χ2v) is 6.13. The molecular weight excluding hydrogens is 365 g/mol. The van der Waals surface area contributed by atoms with Crippen molar-refractivity contribution in [3.05, 3.63) is 63.9 Å². The Labute approximate surface area is 132 Å². The van der Waals surface area contributed by atoms with Gasteiger partial charge in [-0.3, -0.25) is 4.79 Å². The first kappa shape index (κ1) is 16.1. The van der Waals surface area contributed by atoms with Crippen molar-refractivity contribution in [2.75, 3.05) is 5.75 Å². The number of carbonyl (C=O) groups excluding carboxylic acids is 1. The van der Waals surface area contributed by atoms with Gasteiger partial charge >= 0.3 is 0 Å². The van der Waals surface area contributed by atoms with E-state index in [1.54, 1.807) is 18.2 Å². The molecule has 1 nitrogen and oxygen atoms in total. The van der Waals surface area contributed by atoms with Crippen LogP contribution in [0, 0.1) is 17.5 Å². The first-order valence-electron chi connectivity index (χ1n) is 6.00. The Kier molecular flexibility index (Phi) is 5.47. The number of benzene rings is 2. The molecule has 0 fully saturated rings. The fraction of sp³-hybridized carbons (Fsp3) is 0.133. The molecule has 2 aromatic rings. The summed E-state index contributed by atoms with van der Waals surface area (Å²) in [7, 11) is 0. The summed E-state index contributed by atoms with van der Waals surface area (Å²) >= 11 is 3.96. The molecule has 2 aromatic carbocycles. The Balaban J connectivity index is 2.03. The van der Waals surface area contributed by atoms with Crippen LogP contribution in [0.15, 0.2) is 45.8 Å². The van der Waals surface area contributed by atoms with Gasteiger partial charge < -0.3 is 0 Å². The van der Waals surface area contributed by atoms with Crippen molar-refractivity contribution in [1.82, 2.24) is 0 Å². The van der Waals surface area contributed by atoms with Gasteiger partial charge in [-0.25, -0.2) is 13.2 Å². The van der Waals surface area contributed by atoms with Crippen molar-refractivity contribution in [1.29, 1.82) is 0 Å². The molecule has 2 rings (SSSR count). The van der Waals surface area contributed by atoms with E-state index in [1.165, 1.54) is 12.1 Å². The summed E-state index contributed by atoms with van der Waals surface area (Å²) in [5.74, 6) is -2.39. The molecule has 0 radical (unpaired) electrons. The highest BCUT2D eigenvalue weighted by atomic mass is 79.9. The van der Waals surface area contributed by atoms with Gasteiger partial charge in [0.1, 0.15) is 23.2 Å². The predicted molar refractivity (Wildman–Crippen MR) is 79.9 cm³/mol. The summed E-state index contributed by atoms with van der Waals surface area (Å²) in [6.07, 6.45) is -0.363. The minimum absolute atomic E-state index is 0.0493. The molecule has 21 heavy (non-hydrogen) atoms. The van der Waals surface area contributed by atoms with Crippen molar-refractivity contribution in [3.63, 3.8) is 0 Å². The van der Waals surface area contributed by atoms with Gasteiger partial charge in [0.25, 0.3) is 0 Å². The molecule has 0 N–H and O–H groups in total. The molecule has 0 bridgehead atoms. The normalized spacial score (nSPS) is 10.7. The van der Waals surface area contributed by atoms with Crippen molar-refractivity contribution in [3.8, 4) is 0 Å². The summed E-state index contributed by atoms with van der Waals surface area (Å²) in [5.41, 5.74) is -0.275. The Morgan fingerprint density at radius 1 is 1.05 bits per heavy atom. The van der Waals surface area contributed by atoms with E-state index in [1.807, 2.05) is 0 Å². The van der Waals surface area contributed by atoms with Gasteiger partial charge in [0.2, 0.25) is 0 Å². The van der Waals surface area contributed by atoms with Gasteiger partial charge in [0, 0.05) is 16.9 Å². The standard InChI is InChI=1S/C15H10BrF3OS/c16-11-5-6-12(17)10(15(11)19)7-9(20)8-21-14-4-2-1-3-13(14)18/h1-6H,7-8H2. The molecule has 110 valence electrons. The topological polar surface area (TPSA) is 17.1 Å². The van der Waals surface area contributed by atoms with E-state index in [0.29, 0.717) is 4.90 Å². The smallest absolute Gasteiger partial charge is 0.147 e. The third-order valence-electron chi connectivity index (χ3n) is 2.74. The second-order valence-electron chi connectivity index (χ2n) is 4.26. The number of ketones is 1. The molecule has 6 heteroatoms. The first-order valence-corrected chi connectivity index (χ1v) is 7.78. The van der Waals surface area contributed by atoms with Crippen molar-refractivity contribution in [2.24, 2.45) is 0 Å². The number of thioether (sulfide) groups is 1. The van der Waals surface area contributed by atoms with Crippen LogP contribution in [0.4, 0.5) is 13.2 Å². The van der Waals surface area contributed by atoms with Gasteiger partial charge in [0.15, 0.2) is 0 Å². The maximum Gasteiger partial charge on any atom is 0.147 e. The first-order chi connectivity index (χ1) is 9.99. The summed E-state index contributed by atoms with van der Waals surface area (Å²) in [6.45, 7) is 0. The molecular formula is C15H10BrF3OS. The molecule has 0 saturated carbocycles. The molecule has 0 aliphatic rings. The van der Waals surface area contributed by atoms with Crippen molar-refractivity contribution >= 4 is 33.5 Å². The Morgan fingerprint density at radius 3 is 2.48 bits per heavy atom. The van der Waals surface area contributed by atoms with E-state index >= 15 is 0 Å². The lowest BCUT2D eigenvalue weighted by Crippen LogP contribution is -2.09. The average molecular weight is 375 g/mol. The van der Waals surface area contributed by atoms with Crippen LogP contribution in [0.5, 0.6) is 0 Å². The fourth-order valence-electron chi connectivity index (χ4n) is 1.70. The number of halogens is 4. The van der Waals surface area contributed by atoms with E-state index in [4.69, 9.17) is 0 Å². The largest absolute Gasteiger partial charge is 0.298 e. The predicted octanol–water partition coefficient (Wildman–Crippen LogP) is 4.77. The highest BCUT2D eigenvalue weighted by molar-refractivity contribution is 9.10. The second kappa shape index (κ2) is 7.13. The van der Waals surface area contributed by atoms with Gasteiger partial charge in [0.05, 0.1) is 10.2 Å². The third kappa shape index (κ3) is 4.11. The number of rotatable bonds is 5. The highest BCUT2D eigenvalue weighted by Crippen LogP contribution is 2.24. The van der Waals surface area contributed by atoms with Crippen LogP contribution in [-0.4, -0.2) is 11.5 Å². The van der Waals surface area contributed by atoms with E-state index in [0.717, 1.165) is 17.8 Å². The number of carbonyl (C=O) groups is 1. The molecule has 0 spiro atoms. The average Bonchev–Trinajstić information content (AvgIpc) is 2.47. The summed E-state index contributed by atoms with van der Waals surface area (Å²) in [5, 5.41) is 0. The molecule has 0 amide bonds. The maximum atomic E-state index is 13.7. The maximum absolute atomic E-state index is 13.7. The van der Waals surface area contributed by atoms with Gasteiger partial charge in [-0.2, -0.15) is 0 Å². The SMILES string of the molecule is O=C(CSc1ccccc1F)Cc1c(F)ccc(Br)c1F. The van der Waals surface area contributed by atoms with Crippen LogP contribution in [0.1, 0.15) is 5.56 Å². The van der Waals surface area contributed by atoms with Crippen LogP contribution in [0.2, 0.25) is 0 Å². The summed E-state index contributed by atoms with van der Waals surface area (Å²) < 4.78 is 40.8. The molecule has 0 atom stereocenters. The van der Waals surface area contributed by atoms with Crippen molar-refractivity contribution < 1.29 is 18.0 Å². The lowest BCUT2D eigenvalue weighted by Gasteiger charge is -2.06. The summed E-state index contributed by atoms with van der Waals surface area (Å²) in [6, 6.07) is 8.39. The van der Waals surface area contributed by atoms with E-state index in [2.05, 4.69) is 15.9 Å². The van der Waals surface area contributed by atoms with Crippen LogP contribution in [0.25, 0.3) is 0 Å². The molecule has 0 unspecified atom stereocenters. The van der Waals surface area contributed by atoms with E-state index in [9.17, 15) is 18.0 Å².